The molecule has 7 nitrogen and oxygen atoms in total. The Bertz CT molecular complexity index is 816. The maximum Gasteiger partial charge on any atom is 0.405 e. The average molecular weight is 853 g/mol. The van der Waals surface area contributed by atoms with E-state index in [0.29, 0.717) is 33.0 Å². The molecule has 10 heteroatoms. The highest BCUT2D eigenvalue weighted by molar-refractivity contribution is 8.00. The second-order valence-corrected chi connectivity index (χ2v) is 21.3. The van der Waals surface area contributed by atoms with Crippen LogP contribution in [-0.4, -0.2) is 90.7 Å². The first kappa shape index (κ1) is 56.7. The number of hydrogen-bond donors (Lipinski definition) is 3. The lowest BCUT2D eigenvalue weighted by Gasteiger charge is -2.20. The molecule has 3 atom stereocenters. The monoisotopic (exact) mass is 853 g/mol. The van der Waals surface area contributed by atoms with E-state index < -0.39 is 7.75 Å². The van der Waals surface area contributed by atoms with E-state index >= 15 is 0 Å². The van der Waals surface area contributed by atoms with Crippen molar-refractivity contribution in [2.24, 2.45) is 0 Å². The molecule has 0 aromatic carbocycles. The molecule has 0 spiro atoms. The van der Waals surface area contributed by atoms with Crippen LogP contribution in [0.2, 0.25) is 0 Å². The van der Waals surface area contributed by atoms with Crippen LogP contribution in [-0.2, 0) is 13.6 Å². The van der Waals surface area contributed by atoms with E-state index in [0.717, 1.165) is 67.1 Å². The predicted octanol–water partition coefficient (Wildman–Crippen LogP) is 14.0. The molecule has 0 aromatic rings. The maximum atomic E-state index is 13.5. The first-order valence-electron chi connectivity index (χ1n) is 24.1. The summed E-state index contributed by atoms with van der Waals surface area (Å²) < 4.78 is 25.4. The molecular weight excluding hydrogens is 756 g/mol. The van der Waals surface area contributed by atoms with E-state index in [1.807, 2.05) is 14.1 Å². The fraction of sp³-hybridized carbons (Fsp3) is 1.00. The van der Waals surface area contributed by atoms with Crippen LogP contribution in [0.3, 0.4) is 0 Å². The highest BCUT2D eigenvalue weighted by Crippen LogP contribution is 2.44. The Kier molecular flexibility index (Phi) is 45.8. The van der Waals surface area contributed by atoms with Crippen molar-refractivity contribution in [1.82, 2.24) is 9.99 Å². The highest BCUT2D eigenvalue weighted by Gasteiger charge is 2.24. The molecule has 0 aliphatic heterocycles. The minimum atomic E-state index is -3.30. The number of nitrogens with zero attached hydrogens (tertiary/aromatic N) is 1. The van der Waals surface area contributed by atoms with Crippen molar-refractivity contribution in [2.45, 2.75) is 230 Å². The molecule has 0 amide bonds. The number of hydrogen-bond acceptors (Lipinski definition) is 8. The van der Waals surface area contributed by atoms with E-state index in [1.54, 1.807) is 0 Å². The van der Waals surface area contributed by atoms with Crippen molar-refractivity contribution in [2.75, 3.05) is 65.1 Å². The number of aliphatic hydroxyl groups is 2. The summed E-state index contributed by atoms with van der Waals surface area (Å²) in [6, 6.07) is 0. The first-order valence-corrected chi connectivity index (χ1v) is 27.8. The van der Waals surface area contributed by atoms with E-state index in [9.17, 15) is 14.8 Å². The van der Waals surface area contributed by atoms with Crippen molar-refractivity contribution in [1.29, 1.82) is 0 Å². The third kappa shape index (κ3) is 41.4. The number of thioether (sulfide) groups is 2. The normalized spacial score (nSPS) is 14.1. The molecule has 0 aliphatic carbocycles. The van der Waals surface area contributed by atoms with Gasteiger partial charge in [0, 0.05) is 36.8 Å². The lowest BCUT2D eigenvalue weighted by molar-refractivity contribution is 0.188. The number of nitrogens with one attached hydrogen (secondary N) is 1. The Morgan fingerprint density at radius 3 is 1.14 bits per heavy atom. The molecule has 338 valence electrons. The van der Waals surface area contributed by atoms with Crippen LogP contribution in [0.1, 0.15) is 219 Å². The number of unbranched alkanes of at least 4 members (excludes halogenated alkanes) is 22. The SMILES string of the molecule is CCCCCCCCCC(CCCCCCCCOP(=O)(NCCN(C)C)OCCCCCCCCCC(CCCCCCCC)SCCCO)SCCCO. The van der Waals surface area contributed by atoms with Crippen LogP contribution in [0.4, 0.5) is 0 Å². The third-order valence-electron chi connectivity index (χ3n) is 10.8. The number of rotatable bonds is 48. The molecule has 3 unspecified atom stereocenters. The van der Waals surface area contributed by atoms with Gasteiger partial charge in [-0.25, -0.2) is 9.65 Å². The van der Waals surface area contributed by atoms with Crippen LogP contribution in [0.25, 0.3) is 0 Å². The van der Waals surface area contributed by atoms with Crippen molar-refractivity contribution in [3.63, 3.8) is 0 Å². The van der Waals surface area contributed by atoms with Gasteiger partial charge in [-0.05, 0) is 77.0 Å². The Morgan fingerprint density at radius 1 is 0.500 bits per heavy atom. The van der Waals surface area contributed by atoms with Gasteiger partial charge in [0.15, 0.2) is 0 Å². The van der Waals surface area contributed by atoms with Gasteiger partial charge in [0.1, 0.15) is 0 Å². The van der Waals surface area contributed by atoms with E-state index in [-0.39, 0.29) is 0 Å². The van der Waals surface area contributed by atoms with Crippen molar-refractivity contribution >= 4 is 31.3 Å². The fourth-order valence-electron chi connectivity index (χ4n) is 7.18. The zero-order valence-corrected chi connectivity index (χ0v) is 40.3. The highest BCUT2D eigenvalue weighted by atomic mass is 32.2. The van der Waals surface area contributed by atoms with Gasteiger partial charge in [-0.15, -0.1) is 0 Å². The summed E-state index contributed by atoms with van der Waals surface area (Å²) in [5, 5.41) is 23.1. The summed E-state index contributed by atoms with van der Waals surface area (Å²) in [5.74, 6) is 2.18. The van der Waals surface area contributed by atoms with Gasteiger partial charge in [0.2, 0.25) is 0 Å². The Labute approximate surface area is 358 Å². The largest absolute Gasteiger partial charge is 0.405 e. The molecule has 3 N–H and O–H groups in total. The van der Waals surface area contributed by atoms with E-state index in [4.69, 9.17) is 9.05 Å². The van der Waals surface area contributed by atoms with Crippen LogP contribution in [0, 0.1) is 0 Å². The zero-order valence-electron chi connectivity index (χ0n) is 37.8. The van der Waals surface area contributed by atoms with E-state index in [1.165, 1.54) is 167 Å². The molecule has 0 saturated heterocycles. The zero-order chi connectivity index (χ0) is 41.1. The maximum absolute atomic E-state index is 13.5. The minimum Gasteiger partial charge on any atom is -0.396 e. The van der Waals surface area contributed by atoms with Crippen LogP contribution in [0.5, 0.6) is 0 Å². The molecule has 0 aromatic heterocycles. The molecule has 0 bridgehead atoms. The van der Waals surface area contributed by atoms with Gasteiger partial charge < -0.3 is 15.1 Å². The van der Waals surface area contributed by atoms with E-state index in [2.05, 4.69) is 47.4 Å². The topological polar surface area (TPSA) is 91.3 Å². The summed E-state index contributed by atoms with van der Waals surface area (Å²) in [6.45, 7) is 7.53. The predicted molar refractivity (Wildman–Crippen MR) is 252 cm³/mol. The van der Waals surface area contributed by atoms with Crippen molar-refractivity contribution in [3.05, 3.63) is 0 Å². The molecular formula is C46H97N2O5PS2. The van der Waals surface area contributed by atoms with Crippen molar-refractivity contribution in [3.8, 4) is 0 Å². The number of likely N-dealkylation sites (N-methyl/N-ethyl adjacent to an activating group) is 1. The Balaban J connectivity index is 4.22. The number of aliphatic hydroxyl groups excluding tert-OH is 2. The Hall–Kier alpha value is 0.690. The quantitative estimate of drug-likeness (QED) is 0.0409. The third-order valence-corrected chi connectivity index (χ3v) is 15.4. The lowest BCUT2D eigenvalue weighted by Crippen LogP contribution is -2.26. The second kappa shape index (κ2) is 45.2. The molecule has 0 heterocycles. The first-order chi connectivity index (χ1) is 27.4. The van der Waals surface area contributed by atoms with Gasteiger partial charge >= 0.3 is 7.75 Å². The van der Waals surface area contributed by atoms with Gasteiger partial charge in [0.05, 0.1) is 13.2 Å². The Morgan fingerprint density at radius 2 is 0.821 bits per heavy atom. The van der Waals surface area contributed by atoms with Gasteiger partial charge in [-0.2, -0.15) is 23.5 Å². The summed E-state index contributed by atoms with van der Waals surface area (Å²) >= 11 is 4.19. The van der Waals surface area contributed by atoms with Crippen molar-refractivity contribution < 1.29 is 23.8 Å². The summed E-state index contributed by atoms with van der Waals surface area (Å²) in [6.07, 6.45) is 40.4. The molecule has 0 fully saturated rings. The molecule has 0 radical (unpaired) electrons. The molecule has 56 heavy (non-hydrogen) atoms. The standard InChI is InChI=1S/C46H97N2O5PS2/c1-5-7-9-11-14-20-26-34-46(56-44-32-40-50)36-28-22-16-18-24-30-42-53-54(51,47-37-38-48(3)4)52-41-29-23-17-13-15-21-27-35-45(55-43-31-39-49)33-25-19-12-10-8-6-2/h45-46,49-50H,5-44H2,1-4H3,(H,47,51). The average Bonchev–Trinajstić information content (AvgIpc) is 3.18. The van der Waals surface area contributed by atoms with Crippen LogP contribution < -0.4 is 5.09 Å². The lowest BCUT2D eigenvalue weighted by atomic mass is 10.0. The van der Waals surface area contributed by atoms with Gasteiger partial charge in [-0.3, -0.25) is 9.05 Å². The van der Waals surface area contributed by atoms with Crippen LogP contribution in [0.15, 0.2) is 0 Å². The van der Waals surface area contributed by atoms with Gasteiger partial charge in [0.25, 0.3) is 0 Å². The van der Waals surface area contributed by atoms with Crippen LogP contribution >= 0.6 is 31.3 Å². The summed E-state index contributed by atoms with van der Waals surface area (Å²) in [7, 11) is 0.743. The fourth-order valence-corrected chi connectivity index (χ4v) is 11.1. The summed E-state index contributed by atoms with van der Waals surface area (Å²) in [5.41, 5.74) is 0. The molecule has 0 rings (SSSR count). The minimum absolute atomic E-state index is 0.309. The smallest absolute Gasteiger partial charge is 0.396 e. The second-order valence-electron chi connectivity index (χ2n) is 16.7. The summed E-state index contributed by atoms with van der Waals surface area (Å²) in [4.78, 5) is 2.08. The molecule has 0 saturated carbocycles. The van der Waals surface area contributed by atoms with Gasteiger partial charge in [-0.1, -0.05) is 168 Å². The molecule has 0 aliphatic rings.